The van der Waals surface area contributed by atoms with Crippen molar-refractivity contribution in [3.05, 3.63) is 59.2 Å². The van der Waals surface area contributed by atoms with Gasteiger partial charge in [0.2, 0.25) is 0 Å². The molecule has 0 fully saturated rings. The number of para-hydroxylation sites is 1. The first-order valence-corrected chi connectivity index (χ1v) is 6.49. The molecule has 0 heterocycles. The molecule has 3 heteroatoms. The molecular weight excluding hydrogens is 266 g/mol. The third-order valence-electron chi connectivity index (χ3n) is 2.62. The van der Waals surface area contributed by atoms with Crippen molar-refractivity contribution in [1.82, 2.24) is 0 Å². The van der Waals surface area contributed by atoms with Crippen LogP contribution in [0.25, 0.3) is 0 Å². The summed E-state index contributed by atoms with van der Waals surface area (Å²) in [5, 5.41) is 1.26. The molecule has 0 saturated heterocycles. The maximum Gasteiger partial charge on any atom is 1.00 e. The molecule has 0 spiro atoms. The van der Waals surface area contributed by atoms with Gasteiger partial charge in [0.25, 0.3) is 0 Å². The SMILES string of the molecule is Cc1cc(C)c([P-]Oc2ccccc2)c(C)c1.[K+]. The van der Waals surface area contributed by atoms with E-state index in [-0.39, 0.29) is 51.4 Å². The summed E-state index contributed by atoms with van der Waals surface area (Å²) in [6.45, 7) is 6.39. The maximum atomic E-state index is 5.77. The van der Waals surface area contributed by atoms with Crippen molar-refractivity contribution in [2.45, 2.75) is 20.8 Å². The van der Waals surface area contributed by atoms with E-state index >= 15 is 0 Å². The Labute approximate surface area is 154 Å². The molecule has 18 heavy (non-hydrogen) atoms. The average Bonchev–Trinajstić information content (AvgIpc) is 2.29. The molecule has 88 valence electrons. The molecule has 2 aromatic carbocycles. The van der Waals surface area contributed by atoms with Crippen molar-refractivity contribution in [2.75, 3.05) is 0 Å². The normalized spacial score (nSPS) is 10.4. The third-order valence-corrected chi connectivity index (χ3v) is 3.81. The summed E-state index contributed by atoms with van der Waals surface area (Å²) in [6.07, 6.45) is 0. The van der Waals surface area contributed by atoms with Crippen LogP contribution < -0.4 is 61.2 Å². The van der Waals surface area contributed by atoms with Crippen LogP contribution in [-0.2, 0) is 0 Å². The molecule has 1 nitrogen and oxygen atoms in total. The third kappa shape index (κ3) is 4.45. The summed E-state index contributed by atoms with van der Waals surface area (Å²) in [4.78, 5) is 0. The Hall–Kier alpha value is 0.306. The van der Waals surface area contributed by atoms with E-state index in [4.69, 9.17) is 4.52 Å². The quantitative estimate of drug-likeness (QED) is 0.607. The molecule has 2 aromatic rings. The Morgan fingerprint density at radius 2 is 1.44 bits per heavy atom. The topological polar surface area (TPSA) is 9.23 Å². The van der Waals surface area contributed by atoms with Crippen molar-refractivity contribution < 1.29 is 55.9 Å². The second kappa shape index (κ2) is 7.79. The van der Waals surface area contributed by atoms with Gasteiger partial charge in [0, 0.05) is 0 Å². The fourth-order valence-electron chi connectivity index (χ4n) is 1.90. The molecule has 0 atom stereocenters. The molecule has 2 rings (SSSR count). The zero-order valence-electron chi connectivity index (χ0n) is 11.4. The molecule has 0 bridgehead atoms. The van der Waals surface area contributed by atoms with E-state index < -0.39 is 0 Å². The van der Waals surface area contributed by atoms with Crippen LogP contribution in [0.4, 0.5) is 0 Å². The van der Waals surface area contributed by atoms with E-state index in [2.05, 4.69) is 32.9 Å². The first kappa shape index (κ1) is 16.4. The average molecular weight is 282 g/mol. The second-order valence-corrected chi connectivity index (χ2v) is 5.06. The molecular formula is C15H16KOP. The standard InChI is InChI=1S/C15H16OP.K/c1-11-9-12(2)15(13(3)10-11)17-16-14-7-5-4-6-8-14;/h4-10H,1-3H3;/q-1;+1. The van der Waals surface area contributed by atoms with Gasteiger partial charge in [0.05, 0.1) is 5.75 Å². The van der Waals surface area contributed by atoms with Gasteiger partial charge in [-0.1, -0.05) is 47.0 Å². The summed E-state index contributed by atoms with van der Waals surface area (Å²) in [6, 6.07) is 14.3. The number of rotatable bonds is 3. The van der Waals surface area contributed by atoms with Crippen LogP contribution >= 0.6 is 8.81 Å². The van der Waals surface area contributed by atoms with Gasteiger partial charge < -0.3 is 4.52 Å². The zero-order chi connectivity index (χ0) is 12.3. The maximum absolute atomic E-state index is 5.77. The van der Waals surface area contributed by atoms with E-state index in [0.717, 1.165) is 14.6 Å². The fourth-order valence-corrected chi connectivity index (χ4v) is 2.63. The largest absolute Gasteiger partial charge is 1.00 e. The Morgan fingerprint density at radius 3 is 2.00 bits per heavy atom. The smallest absolute Gasteiger partial charge is 0.665 e. The van der Waals surface area contributed by atoms with E-state index in [1.165, 1.54) is 22.0 Å². The van der Waals surface area contributed by atoms with Crippen molar-refractivity contribution >= 4 is 14.1 Å². The summed E-state index contributed by atoms with van der Waals surface area (Å²) >= 11 is 0. The van der Waals surface area contributed by atoms with Crippen LogP contribution in [0.15, 0.2) is 42.5 Å². The predicted molar refractivity (Wildman–Crippen MR) is 74.3 cm³/mol. The van der Waals surface area contributed by atoms with E-state index in [1.54, 1.807) is 0 Å². The molecule has 0 aliphatic heterocycles. The molecule has 0 aliphatic rings. The summed E-state index contributed by atoms with van der Waals surface area (Å²) in [5.74, 6) is 0.911. The van der Waals surface area contributed by atoms with Crippen LogP contribution in [0.2, 0.25) is 0 Å². The van der Waals surface area contributed by atoms with Gasteiger partial charge in [0.1, 0.15) is 0 Å². The van der Waals surface area contributed by atoms with Gasteiger partial charge in [0.15, 0.2) is 0 Å². The monoisotopic (exact) mass is 282 g/mol. The Morgan fingerprint density at radius 1 is 0.889 bits per heavy atom. The molecule has 0 saturated carbocycles. The minimum absolute atomic E-state index is 0. The van der Waals surface area contributed by atoms with Crippen molar-refractivity contribution in [1.29, 1.82) is 0 Å². The molecule has 0 N–H and O–H groups in total. The van der Waals surface area contributed by atoms with Crippen LogP contribution in [0.1, 0.15) is 16.7 Å². The Balaban J connectivity index is 0.00000162. The molecule has 0 aliphatic carbocycles. The van der Waals surface area contributed by atoms with Gasteiger partial charge in [-0.25, -0.2) is 0 Å². The van der Waals surface area contributed by atoms with Crippen LogP contribution in [0, 0.1) is 20.8 Å². The Kier molecular flexibility index (Phi) is 7.08. The summed E-state index contributed by atoms with van der Waals surface area (Å²) in [5.41, 5.74) is 3.89. The van der Waals surface area contributed by atoms with Gasteiger partial charge in [-0.15, -0.1) is 0 Å². The minimum atomic E-state index is 0. The number of benzene rings is 2. The van der Waals surface area contributed by atoms with Crippen molar-refractivity contribution in [3.63, 3.8) is 0 Å². The van der Waals surface area contributed by atoms with Gasteiger partial charge >= 0.3 is 51.4 Å². The Bertz CT molecular complexity index is 488. The zero-order valence-corrected chi connectivity index (χ0v) is 15.4. The van der Waals surface area contributed by atoms with Crippen LogP contribution in [0.3, 0.4) is 0 Å². The van der Waals surface area contributed by atoms with Gasteiger partial charge in [-0.3, -0.25) is 8.81 Å². The second-order valence-electron chi connectivity index (χ2n) is 4.24. The number of aryl methyl sites for hydroxylation is 3. The van der Waals surface area contributed by atoms with E-state index in [0.29, 0.717) is 0 Å². The van der Waals surface area contributed by atoms with E-state index in [9.17, 15) is 0 Å². The molecule has 0 unspecified atom stereocenters. The summed E-state index contributed by atoms with van der Waals surface area (Å²) < 4.78 is 5.77. The fraction of sp³-hybridized carbons (Fsp3) is 0.200. The number of hydrogen-bond donors (Lipinski definition) is 0. The van der Waals surface area contributed by atoms with Crippen molar-refractivity contribution in [3.8, 4) is 5.75 Å². The number of hydrogen-bond acceptors (Lipinski definition) is 1. The summed E-state index contributed by atoms with van der Waals surface area (Å²) in [7, 11) is 0.906. The predicted octanol–water partition coefficient (Wildman–Crippen LogP) is 1.18. The van der Waals surface area contributed by atoms with Crippen LogP contribution in [-0.4, -0.2) is 0 Å². The van der Waals surface area contributed by atoms with Gasteiger partial charge in [-0.05, 0) is 32.9 Å². The molecule has 0 amide bonds. The first-order valence-electron chi connectivity index (χ1n) is 5.68. The van der Waals surface area contributed by atoms with Crippen LogP contribution in [0.5, 0.6) is 5.75 Å². The van der Waals surface area contributed by atoms with Gasteiger partial charge in [-0.2, -0.15) is 5.30 Å². The molecule has 0 aromatic heterocycles. The first-order chi connectivity index (χ1) is 8.16. The minimum Gasteiger partial charge on any atom is -0.665 e. The van der Waals surface area contributed by atoms with E-state index in [1.807, 2.05) is 30.3 Å². The van der Waals surface area contributed by atoms with Crippen molar-refractivity contribution in [2.24, 2.45) is 0 Å². The molecule has 0 radical (unpaired) electrons.